The molecule has 0 bridgehead atoms. The molecular formula is C32H38N2O2. The summed E-state index contributed by atoms with van der Waals surface area (Å²) >= 11 is 0. The summed E-state index contributed by atoms with van der Waals surface area (Å²) in [6, 6.07) is 25.9. The zero-order valence-corrected chi connectivity index (χ0v) is 21.6. The normalized spacial score (nSPS) is 14.7. The lowest BCUT2D eigenvalue weighted by molar-refractivity contribution is -0.141. The van der Waals surface area contributed by atoms with Crippen molar-refractivity contribution in [2.45, 2.75) is 77.4 Å². The van der Waals surface area contributed by atoms with Crippen molar-refractivity contribution in [2.75, 3.05) is 0 Å². The molecule has 0 aliphatic heterocycles. The third-order valence-corrected chi connectivity index (χ3v) is 7.30. The topological polar surface area (TPSA) is 49.4 Å². The molecule has 1 unspecified atom stereocenters. The summed E-state index contributed by atoms with van der Waals surface area (Å²) in [5.74, 6) is -0.0709. The molecule has 1 atom stereocenters. The highest BCUT2D eigenvalue weighted by atomic mass is 16.2. The van der Waals surface area contributed by atoms with E-state index in [1.165, 1.54) is 6.42 Å². The van der Waals surface area contributed by atoms with Crippen LogP contribution in [-0.2, 0) is 29.0 Å². The molecule has 2 amide bonds. The molecule has 0 heterocycles. The van der Waals surface area contributed by atoms with Gasteiger partial charge in [0.25, 0.3) is 0 Å². The SMILES string of the molecule is Cc1ccc(CC(=O)N(Cc2ccccc2C)C(Cc2ccccc2)C(=O)NC2CCCCC2)cc1. The highest BCUT2D eigenvalue weighted by Gasteiger charge is 2.32. The smallest absolute Gasteiger partial charge is 0.243 e. The summed E-state index contributed by atoms with van der Waals surface area (Å²) < 4.78 is 0. The average Bonchev–Trinajstić information content (AvgIpc) is 2.89. The number of rotatable bonds is 9. The molecule has 1 aliphatic rings. The molecule has 1 saturated carbocycles. The zero-order chi connectivity index (χ0) is 25.3. The van der Waals surface area contributed by atoms with Gasteiger partial charge < -0.3 is 10.2 Å². The van der Waals surface area contributed by atoms with Gasteiger partial charge in [0.05, 0.1) is 6.42 Å². The lowest BCUT2D eigenvalue weighted by Gasteiger charge is -2.34. The van der Waals surface area contributed by atoms with Crippen LogP contribution in [0.2, 0.25) is 0 Å². The number of carbonyl (C=O) groups is 2. The molecule has 36 heavy (non-hydrogen) atoms. The maximum atomic E-state index is 13.9. The Balaban J connectivity index is 1.65. The minimum absolute atomic E-state index is 0.0261. The molecule has 1 fully saturated rings. The Bertz CT molecular complexity index is 1130. The maximum Gasteiger partial charge on any atom is 0.243 e. The minimum atomic E-state index is -0.577. The van der Waals surface area contributed by atoms with Crippen LogP contribution in [0.1, 0.15) is 59.9 Å². The van der Waals surface area contributed by atoms with Crippen LogP contribution >= 0.6 is 0 Å². The van der Waals surface area contributed by atoms with Gasteiger partial charge in [-0.25, -0.2) is 0 Å². The second-order valence-electron chi connectivity index (χ2n) is 10.2. The van der Waals surface area contributed by atoms with Crippen LogP contribution in [0.3, 0.4) is 0 Å². The Labute approximate surface area is 215 Å². The summed E-state index contributed by atoms with van der Waals surface area (Å²) in [5.41, 5.74) is 5.37. The van der Waals surface area contributed by atoms with Gasteiger partial charge in [0, 0.05) is 19.0 Å². The first-order chi connectivity index (χ1) is 17.5. The van der Waals surface area contributed by atoms with E-state index >= 15 is 0 Å². The zero-order valence-electron chi connectivity index (χ0n) is 21.6. The van der Waals surface area contributed by atoms with E-state index in [1.54, 1.807) is 0 Å². The predicted molar refractivity (Wildman–Crippen MR) is 146 cm³/mol. The van der Waals surface area contributed by atoms with Gasteiger partial charge in [-0.2, -0.15) is 0 Å². The lowest BCUT2D eigenvalue weighted by Crippen LogP contribution is -2.53. The molecule has 4 nitrogen and oxygen atoms in total. The fraction of sp³-hybridized carbons (Fsp3) is 0.375. The van der Waals surface area contributed by atoms with Gasteiger partial charge in [0.1, 0.15) is 6.04 Å². The fourth-order valence-electron chi connectivity index (χ4n) is 5.05. The van der Waals surface area contributed by atoms with E-state index in [1.807, 2.05) is 78.6 Å². The van der Waals surface area contributed by atoms with Gasteiger partial charge in [-0.1, -0.05) is 104 Å². The van der Waals surface area contributed by atoms with Gasteiger partial charge in [0.15, 0.2) is 0 Å². The first-order valence-corrected chi connectivity index (χ1v) is 13.2. The van der Waals surface area contributed by atoms with Gasteiger partial charge in [-0.15, -0.1) is 0 Å². The predicted octanol–water partition coefficient (Wildman–Crippen LogP) is 5.93. The number of hydrogen-bond acceptors (Lipinski definition) is 2. The van der Waals surface area contributed by atoms with Crippen LogP contribution in [0.15, 0.2) is 78.9 Å². The Kier molecular flexibility index (Phi) is 8.94. The van der Waals surface area contributed by atoms with Crippen LogP contribution in [0, 0.1) is 13.8 Å². The van der Waals surface area contributed by atoms with E-state index in [4.69, 9.17) is 0 Å². The standard InChI is InChI=1S/C32H38N2O2/c1-24-17-19-27(20-18-24)22-31(35)34(23-28-14-10-9-11-25(28)2)30(21-26-12-5-3-6-13-26)32(36)33-29-15-7-4-8-16-29/h3,5-6,9-14,17-20,29-30H,4,7-8,15-16,21-23H2,1-2H3,(H,33,36). The molecule has 3 aromatic carbocycles. The van der Waals surface area contributed by atoms with Crippen molar-refractivity contribution >= 4 is 11.8 Å². The molecule has 0 saturated heterocycles. The molecule has 1 aliphatic carbocycles. The van der Waals surface area contributed by atoms with Gasteiger partial charge >= 0.3 is 0 Å². The molecule has 3 aromatic rings. The highest BCUT2D eigenvalue weighted by molar-refractivity contribution is 5.89. The number of hydrogen-bond donors (Lipinski definition) is 1. The average molecular weight is 483 g/mol. The molecular weight excluding hydrogens is 444 g/mol. The third-order valence-electron chi connectivity index (χ3n) is 7.30. The van der Waals surface area contributed by atoms with Crippen LogP contribution in [0.4, 0.5) is 0 Å². The summed E-state index contributed by atoms with van der Waals surface area (Å²) in [7, 11) is 0. The van der Waals surface area contributed by atoms with Crippen molar-refractivity contribution in [1.29, 1.82) is 0 Å². The Morgan fingerprint density at radius 1 is 0.833 bits per heavy atom. The quantitative estimate of drug-likeness (QED) is 0.411. The first-order valence-electron chi connectivity index (χ1n) is 13.2. The van der Waals surface area contributed by atoms with Crippen molar-refractivity contribution in [3.63, 3.8) is 0 Å². The molecule has 1 N–H and O–H groups in total. The fourth-order valence-corrected chi connectivity index (χ4v) is 5.05. The van der Waals surface area contributed by atoms with E-state index in [0.717, 1.165) is 53.5 Å². The molecule has 4 heteroatoms. The van der Waals surface area contributed by atoms with Crippen molar-refractivity contribution < 1.29 is 9.59 Å². The number of nitrogens with zero attached hydrogens (tertiary/aromatic N) is 1. The van der Waals surface area contributed by atoms with Crippen LogP contribution in [0.5, 0.6) is 0 Å². The van der Waals surface area contributed by atoms with Crippen LogP contribution in [0.25, 0.3) is 0 Å². The Hall–Kier alpha value is -3.40. The molecule has 0 spiro atoms. The monoisotopic (exact) mass is 482 g/mol. The largest absolute Gasteiger partial charge is 0.352 e. The molecule has 0 radical (unpaired) electrons. The second kappa shape index (κ2) is 12.5. The molecule has 188 valence electrons. The second-order valence-corrected chi connectivity index (χ2v) is 10.2. The van der Waals surface area contributed by atoms with E-state index < -0.39 is 6.04 Å². The van der Waals surface area contributed by atoms with E-state index in [-0.39, 0.29) is 24.3 Å². The van der Waals surface area contributed by atoms with E-state index in [0.29, 0.717) is 13.0 Å². The summed E-state index contributed by atoms with van der Waals surface area (Å²) in [5, 5.41) is 3.31. The van der Waals surface area contributed by atoms with Gasteiger partial charge in [-0.05, 0) is 48.9 Å². The summed E-state index contributed by atoms with van der Waals surface area (Å²) in [6.45, 7) is 4.51. The highest BCUT2D eigenvalue weighted by Crippen LogP contribution is 2.21. The number of carbonyl (C=O) groups excluding carboxylic acids is 2. The Morgan fingerprint density at radius 3 is 2.19 bits per heavy atom. The minimum Gasteiger partial charge on any atom is -0.352 e. The molecule has 0 aromatic heterocycles. The van der Waals surface area contributed by atoms with Crippen molar-refractivity contribution in [2.24, 2.45) is 0 Å². The van der Waals surface area contributed by atoms with Crippen LogP contribution < -0.4 is 5.32 Å². The first kappa shape index (κ1) is 25.7. The van der Waals surface area contributed by atoms with Crippen molar-refractivity contribution in [3.05, 3.63) is 107 Å². The van der Waals surface area contributed by atoms with Crippen molar-refractivity contribution in [1.82, 2.24) is 10.2 Å². The van der Waals surface area contributed by atoms with Gasteiger partial charge in [0.2, 0.25) is 11.8 Å². The number of amides is 2. The van der Waals surface area contributed by atoms with Gasteiger partial charge in [-0.3, -0.25) is 9.59 Å². The third kappa shape index (κ3) is 7.07. The molecule has 4 rings (SSSR count). The number of aryl methyl sites for hydroxylation is 2. The maximum absolute atomic E-state index is 13.9. The number of benzene rings is 3. The summed E-state index contributed by atoms with van der Waals surface area (Å²) in [4.78, 5) is 29.5. The van der Waals surface area contributed by atoms with Crippen LogP contribution in [-0.4, -0.2) is 28.8 Å². The Morgan fingerprint density at radius 2 is 1.50 bits per heavy atom. The van der Waals surface area contributed by atoms with Crippen molar-refractivity contribution in [3.8, 4) is 0 Å². The lowest BCUT2D eigenvalue weighted by atomic mass is 9.94. The van der Waals surface area contributed by atoms with E-state index in [9.17, 15) is 9.59 Å². The number of nitrogens with one attached hydrogen (secondary N) is 1. The van der Waals surface area contributed by atoms with E-state index in [2.05, 4.69) is 24.4 Å². The summed E-state index contributed by atoms with van der Waals surface area (Å²) in [6.07, 6.45) is 6.31.